The molecule has 6 aromatic carbocycles. The van der Waals surface area contributed by atoms with Gasteiger partial charge in [-0.3, -0.25) is 28.8 Å². The molecule has 400 valence electrons. The van der Waals surface area contributed by atoms with E-state index in [0.717, 1.165) is 89.9 Å². The number of carbonyl (C=O) groups is 6. The van der Waals surface area contributed by atoms with Gasteiger partial charge in [-0.25, -0.2) is 0 Å². The molecule has 11 heteroatoms. The SMILES string of the molecule is O=C(C(=O)N1CCCCC1C(=O)NC(CCCc1ccccc1)CCCc1ccccc1)c1ccc(Oc2ccc(C(=O)C(=O)N3CCCC[C@H]3C(=O)NC(CCCc3ccccc3)CCCc3ccccc3)cc2)cc1. The van der Waals surface area contributed by atoms with Gasteiger partial charge in [-0.1, -0.05) is 121 Å². The molecule has 77 heavy (non-hydrogen) atoms. The quantitative estimate of drug-likeness (QED) is 0.0407. The smallest absolute Gasteiger partial charge is 0.295 e. The van der Waals surface area contributed by atoms with Gasteiger partial charge in [0, 0.05) is 36.3 Å². The fraction of sp³-hybridized carbons (Fsp3) is 0.364. The van der Waals surface area contributed by atoms with Crippen LogP contribution >= 0.6 is 0 Å². The highest BCUT2D eigenvalue weighted by atomic mass is 16.5. The largest absolute Gasteiger partial charge is 0.457 e. The maximum atomic E-state index is 14.0. The number of nitrogens with zero attached hydrogens (tertiary/aromatic N) is 2. The molecule has 0 radical (unpaired) electrons. The lowest BCUT2D eigenvalue weighted by Crippen LogP contribution is -2.55. The molecule has 11 nitrogen and oxygen atoms in total. The third-order valence-electron chi connectivity index (χ3n) is 15.1. The summed E-state index contributed by atoms with van der Waals surface area (Å²) >= 11 is 0. The molecule has 1 unspecified atom stereocenters. The lowest BCUT2D eigenvalue weighted by Gasteiger charge is -2.35. The maximum Gasteiger partial charge on any atom is 0.295 e. The van der Waals surface area contributed by atoms with Crippen molar-refractivity contribution in [1.29, 1.82) is 0 Å². The summed E-state index contributed by atoms with van der Waals surface area (Å²) in [6.45, 7) is 0.641. The van der Waals surface area contributed by atoms with Crippen LogP contribution in [0.4, 0.5) is 0 Å². The molecule has 2 fully saturated rings. The molecule has 0 spiro atoms. The van der Waals surface area contributed by atoms with Gasteiger partial charge < -0.3 is 25.2 Å². The first kappa shape index (κ1) is 55.6. The van der Waals surface area contributed by atoms with E-state index in [2.05, 4.69) is 59.2 Å². The average molecular weight is 1040 g/mol. The van der Waals surface area contributed by atoms with Gasteiger partial charge >= 0.3 is 0 Å². The van der Waals surface area contributed by atoms with Gasteiger partial charge in [-0.15, -0.1) is 0 Å². The van der Waals surface area contributed by atoms with Gasteiger partial charge in [-0.2, -0.15) is 0 Å². The number of aryl methyl sites for hydroxylation is 4. The van der Waals surface area contributed by atoms with Crippen molar-refractivity contribution >= 4 is 35.2 Å². The van der Waals surface area contributed by atoms with Gasteiger partial charge in [0.05, 0.1) is 0 Å². The monoisotopic (exact) mass is 1030 g/mol. The lowest BCUT2D eigenvalue weighted by molar-refractivity contribution is -0.139. The summed E-state index contributed by atoms with van der Waals surface area (Å²) in [6.07, 6.45) is 14.4. The van der Waals surface area contributed by atoms with Crippen molar-refractivity contribution in [2.24, 2.45) is 0 Å². The van der Waals surface area contributed by atoms with Crippen LogP contribution in [0.5, 0.6) is 11.5 Å². The number of benzene rings is 6. The number of Topliss-reactive ketones (excluding diaryl/α,β-unsaturated/α-hetero) is 2. The summed E-state index contributed by atoms with van der Waals surface area (Å²) in [5, 5.41) is 6.60. The number of rotatable bonds is 26. The Morgan fingerprint density at radius 2 is 0.701 bits per heavy atom. The summed E-state index contributed by atoms with van der Waals surface area (Å²) < 4.78 is 6.07. The molecule has 2 heterocycles. The van der Waals surface area contributed by atoms with E-state index in [-0.39, 0.29) is 35.0 Å². The van der Waals surface area contributed by atoms with Crippen molar-refractivity contribution in [2.45, 2.75) is 140 Å². The van der Waals surface area contributed by atoms with E-state index in [9.17, 15) is 28.8 Å². The molecule has 4 amide bonds. The zero-order valence-electron chi connectivity index (χ0n) is 44.4. The zero-order valence-corrected chi connectivity index (χ0v) is 44.4. The Bertz CT molecular complexity index is 2540. The number of hydrogen-bond donors (Lipinski definition) is 2. The van der Waals surface area contributed by atoms with Crippen LogP contribution in [0.15, 0.2) is 170 Å². The molecule has 0 bridgehead atoms. The topological polar surface area (TPSA) is 142 Å². The second kappa shape index (κ2) is 29.0. The van der Waals surface area contributed by atoms with Crippen molar-refractivity contribution < 1.29 is 33.5 Å². The van der Waals surface area contributed by atoms with Crippen LogP contribution in [0.25, 0.3) is 0 Å². The number of likely N-dealkylation sites (tertiary alicyclic amines) is 2. The molecule has 0 aliphatic carbocycles. The van der Waals surface area contributed by atoms with Crippen molar-refractivity contribution in [3.8, 4) is 11.5 Å². The third-order valence-corrected chi connectivity index (χ3v) is 15.1. The predicted molar refractivity (Wildman–Crippen MR) is 302 cm³/mol. The first-order valence-corrected chi connectivity index (χ1v) is 28.0. The van der Waals surface area contributed by atoms with Crippen LogP contribution in [0.3, 0.4) is 0 Å². The van der Waals surface area contributed by atoms with E-state index < -0.39 is 35.5 Å². The average Bonchev–Trinajstić information content (AvgIpc) is 3.48. The molecule has 2 saturated heterocycles. The minimum Gasteiger partial charge on any atom is -0.457 e. The van der Waals surface area contributed by atoms with Gasteiger partial charge in [0.15, 0.2) is 0 Å². The molecule has 2 atom stereocenters. The van der Waals surface area contributed by atoms with Crippen LogP contribution in [0.1, 0.15) is 133 Å². The molecule has 2 aliphatic rings. The molecular weight excluding hydrogens is 961 g/mol. The molecule has 2 N–H and O–H groups in total. The number of ether oxygens (including phenoxy) is 1. The van der Waals surface area contributed by atoms with E-state index in [1.165, 1.54) is 56.3 Å². The van der Waals surface area contributed by atoms with Crippen LogP contribution in [-0.4, -0.2) is 82.3 Å². The Hall–Kier alpha value is -7.66. The van der Waals surface area contributed by atoms with Gasteiger partial charge in [-0.05, 0) is 186 Å². The minimum absolute atomic E-state index is 0.0660. The lowest BCUT2D eigenvalue weighted by atomic mass is 9.96. The summed E-state index contributed by atoms with van der Waals surface area (Å²) in [7, 11) is 0. The van der Waals surface area contributed by atoms with Crippen LogP contribution in [0.2, 0.25) is 0 Å². The summed E-state index contributed by atoms with van der Waals surface area (Å²) in [6, 6.07) is 52.2. The molecule has 6 aromatic rings. The number of hydrogen-bond acceptors (Lipinski definition) is 7. The summed E-state index contributed by atoms with van der Waals surface area (Å²) in [4.78, 5) is 86.3. The number of amides is 4. The number of ketones is 2. The molecule has 0 aromatic heterocycles. The van der Waals surface area contributed by atoms with Crippen molar-refractivity contribution in [3.63, 3.8) is 0 Å². The summed E-state index contributed by atoms with van der Waals surface area (Å²) in [5.74, 6) is -2.45. The fourth-order valence-electron chi connectivity index (χ4n) is 10.8. The van der Waals surface area contributed by atoms with Gasteiger partial charge in [0.25, 0.3) is 11.8 Å². The first-order valence-electron chi connectivity index (χ1n) is 28.0. The second-order valence-electron chi connectivity index (χ2n) is 20.8. The zero-order chi connectivity index (χ0) is 53.6. The Labute approximate surface area is 454 Å². The van der Waals surface area contributed by atoms with Crippen molar-refractivity contribution in [2.75, 3.05) is 13.1 Å². The van der Waals surface area contributed by atoms with Crippen LogP contribution in [-0.2, 0) is 44.9 Å². The summed E-state index contributed by atoms with van der Waals surface area (Å²) in [5.41, 5.74) is 5.38. The number of nitrogens with one attached hydrogen (secondary N) is 2. The third kappa shape index (κ3) is 16.7. The van der Waals surface area contributed by atoms with E-state index in [1.807, 2.05) is 72.8 Å². The Kier molecular flexibility index (Phi) is 20.9. The van der Waals surface area contributed by atoms with Crippen molar-refractivity contribution in [1.82, 2.24) is 20.4 Å². The highest BCUT2D eigenvalue weighted by molar-refractivity contribution is 6.43. The Morgan fingerprint density at radius 1 is 0.403 bits per heavy atom. The van der Waals surface area contributed by atoms with Crippen LogP contribution in [0, 0.1) is 0 Å². The number of carbonyl (C=O) groups excluding carboxylic acids is 6. The maximum absolute atomic E-state index is 14.0. The van der Waals surface area contributed by atoms with Crippen LogP contribution < -0.4 is 15.4 Å². The van der Waals surface area contributed by atoms with Crippen molar-refractivity contribution in [3.05, 3.63) is 203 Å². The Balaban J connectivity index is 0.835. The normalized spacial score (nSPS) is 15.5. The fourth-order valence-corrected chi connectivity index (χ4v) is 10.8. The predicted octanol–water partition coefficient (Wildman–Crippen LogP) is 11.7. The van der Waals surface area contributed by atoms with E-state index in [0.29, 0.717) is 50.3 Å². The number of piperidine rings is 2. The van der Waals surface area contributed by atoms with E-state index in [4.69, 9.17) is 4.74 Å². The molecule has 8 rings (SSSR count). The Morgan fingerprint density at radius 3 is 1.00 bits per heavy atom. The molecule has 2 aliphatic heterocycles. The molecule has 0 saturated carbocycles. The standard InChI is InChI=1S/C66H74N4O7/c71-61(65(75)69-47-15-13-37-59(69)63(73)67-55(33-17-29-49-21-5-1-6-22-49)34-18-30-50-23-7-2-8-24-50)53-39-43-57(44-40-53)77-58-45-41-54(42-46-58)62(72)66(76)70-48-16-14-38-60(70)64(74)68-56(35-19-31-51-25-9-3-10-26-51)36-20-32-52-27-11-4-12-28-52/h1-12,21-28,39-46,55-56,59-60H,13-20,29-38,47-48H2,(H,67,73)(H,68,74)/t59-,60?/m0/s1. The van der Waals surface area contributed by atoms with E-state index in [1.54, 1.807) is 24.3 Å². The van der Waals surface area contributed by atoms with E-state index >= 15 is 0 Å². The highest BCUT2D eigenvalue weighted by Crippen LogP contribution is 2.26. The molecular formula is C66H74N4O7. The highest BCUT2D eigenvalue weighted by Gasteiger charge is 2.38. The first-order chi connectivity index (χ1) is 37.7. The van der Waals surface area contributed by atoms with Gasteiger partial charge in [0.2, 0.25) is 23.4 Å². The van der Waals surface area contributed by atoms with Gasteiger partial charge in [0.1, 0.15) is 23.6 Å². The minimum atomic E-state index is -0.738. The second-order valence-corrected chi connectivity index (χ2v) is 20.8.